The summed E-state index contributed by atoms with van der Waals surface area (Å²) in [7, 11) is 0. The zero-order chi connectivity index (χ0) is 20.5. The molecule has 29 heavy (non-hydrogen) atoms. The van der Waals surface area contributed by atoms with E-state index in [1.165, 1.54) is 34.3 Å². The number of halogens is 2. The minimum absolute atomic E-state index is 0.178. The van der Waals surface area contributed by atoms with Crippen molar-refractivity contribution in [3.05, 3.63) is 64.3 Å². The number of hydrogen-bond acceptors (Lipinski definition) is 7. The molecule has 0 aliphatic carbocycles. The van der Waals surface area contributed by atoms with E-state index in [1.54, 1.807) is 25.1 Å². The van der Waals surface area contributed by atoms with Crippen molar-refractivity contribution in [2.75, 3.05) is 11.1 Å². The second-order valence-electron chi connectivity index (χ2n) is 5.89. The monoisotopic (exact) mass is 429 g/mol. The maximum atomic E-state index is 12.7. The van der Waals surface area contributed by atoms with Gasteiger partial charge in [-0.3, -0.25) is 4.79 Å². The van der Waals surface area contributed by atoms with Crippen LogP contribution >= 0.6 is 23.2 Å². The Kier molecular flexibility index (Phi) is 4.87. The Morgan fingerprint density at radius 2 is 1.86 bits per heavy atom. The smallest absolute Gasteiger partial charge is 0.259 e. The van der Waals surface area contributed by atoms with E-state index in [2.05, 4.69) is 30.6 Å². The highest BCUT2D eigenvalue weighted by atomic mass is 35.5. The van der Waals surface area contributed by atoms with Gasteiger partial charge in [0.25, 0.3) is 5.91 Å². The number of carbonyl (C=O) groups excluding carboxylic acids is 1. The van der Waals surface area contributed by atoms with E-state index in [1.807, 2.05) is 0 Å². The van der Waals surface area contributed by atoms with Gasteiger partial charge in [0, 0.05) is 0 Å². The normalized spacial score (nSPS) is 10.9. The molecule has 0 saturated carbocycles. The van der Waals surface area contributed by atoms with E-state index < -0.39 is 0 Å². The molecule has 4 rings (SSSR count). The number of hydrogen-bond donors (Lipinski definition) is 2. The molecule has 0 aliphatic rings. The van der Waals surface area contributed by atoms with Gasteiger partial charge >= 0.3 is 0 Å². The predicted octanol–water partition coefficient (Wildman–Crippen LogP) is 2.69. The first-order valence-electron chi connectivity index (χ1n) is 8.24. The molecule has 0 saturated heterocycles. The topological polar surface area (TPSA) is 129 Å². The van der Waals surface area contributed by atoms with Gasteiger partial charge in [0.2, 0.25) is 0 Å². The number of anilines is 2. The molecule has 3 N–H and O–H groups in total. The number of aromatic nitrogens is 7. The number of rotatable bonds is 4. The molecule has 0 atom stereocenters. The highest BCUT2D eigenvalue weighted by Gasteiger charge is 2.17. The predicted molar refractivity (Wildman–Crippen MR) is 108 cm³/mol. The molecule has 0 fully saturated rings. The third kappa shape index (κ3) is 3.62. The van der Waals surface area contributed by atoms with Crippen LogP contribution in [0.1, 0.15) is 16.1 Å². The minimum Gasteiger partial charge on any atom is -0.382 e. The Hall–Kier alpha value is -3.50. The molecule has 4 aromatic heterocycles. The summed E-state index contributed by atoms with van der Waals surface area (Å²) >= 11 is 12.1. The SMILES string of the molecule is Cc1c(C(=O)Nc2cnc(-n3nccn3)c(Cl)c2)cnn1-c1ccc(Cl)c(N)n1. The molecule has 4 heterocycles. The third-order valence-electron chi connectivity index (χ3n) is 4.02. The standard InChI is InChI=1S/C17H13Cl2N9O/c1-9-11(8-24-27(9)14-3-2-12(18)15(20)26-14)17(29)25-10-6-13(19)16(21-7-10)28-22-4-5-23-28/h2-8H,1H3,(H2,20,26)(H,25,29). The molecule has 4 aromatic rings. The Labute approximate surface area is 174 Å². The van der Waals surface area contributed by atoms with E-state index >= 15 is 0 Å². The van der Waals surface area contributed by atoms with Crippen LogP contribution in [0.2, 0.25) is 10.0 Å². The molecule has 1 amide bonds. The average Bonchev–Trinajstić information content (AvgIpc) is 3.34. The van der Waals surface area contributed by atoms with Crippen LogP contribution in [0.15, 0.2) is 43.0 Å². The van der Waals surface area contributed by atoms with Crippen LogP contribution in [0, 0.1) is 6.92 Å². The van der Waals surface area contributed by atoms with Crippen LogP contribution in [0.25, 0.3) is 11.6 Å². The van der Waals surface area contributed by atoms with Gasteiger partial charge in [-0.05, 0) is 25.1 Å². The Bertz CT molecular complexity index is 1200. The number of amides is 1. The Morgan fingerprint density at radius 3 is 2.55 bits per heavy atom. The van der Waals surface area contributed by atoms with Gasteiger partial charge in [-0.1, -0.05) is 23.2 Å². The number of pyridine rings is 2. The number of nitrogens with one attached hydrogen (secondary N) is 1. The molecule has 0 unspecified atom stereocenters. The van der Waals surface area contributed by atoms with E-state index in [0.717, 1.165) is 0 Å². The van der Waals surface area contributed by atoms with Gasteiger partial charge in [-0.25, -0.2) is 14.6 Å². The average molecular weight is 430 g/mol. The first-order valence-corrected chi connectivity index (χ1v) is 9.00. The molecule has 0 aliphatic heterocycles. The maximum absolute atomic E-state index is 12.7. The largest absolute Gasteiger partial charge is 0.382 e. The fraction of sp³-hybridized carbons (Fsp3) is 0.0588. The first-order chi connectivity index (χ1) is 13.9. The van der Waals surface area contributed by atoms with Crippen LogP contribution < -0.4 is 11.1 Å². The number of carbonyl (C=O) groups is 1. The lowest BCUT2D eigenvalue weighted by Crippen LogP contribution is -2.14. The van der Waals surface area contributed by atoms with Crippen LogP contribution in [-0.2, 0) is 0 Å². The first kappa shape index (κ1) is 18.8. The summed E-state index contributed by atoms with van der Waals surface area (Å²) in [4.78, 5) is 22.4. The molecule has 0 aromatic carbocycles. The maximum Gasteiger partial charge on any atom is 0.259 e. The molecule has 10 nitrogen and oxygen atoms in total. The molecule has 0 bridgehead atoms. The third-order valence-corrected chi connectivity index (χ3v) is 4.62. The van der Waals surface area contributed by atoms with Crippen molar-refractivity contribution < 1.29 is 4.79 Å². The molecular formula is C17H13Cl2N9O. The number of nitrogen functional groups attached to an aromatic ring is 1. The van der Waals surface area contributed by atoms with E-state index in [-0.39, 0.29) is 16.7 Å². The van der Waals surface area contributed by atoms with E-state index in [4.69, 9.17) is 28.9 Å². The van der Waals surface area contributed by atoms with Gasteiger partial charge in [-0.2, -0.15) is 15.3 Å². The van der Waals surface area contributed by atoms with Crippen molar-refractivity contribution in [3.63, 3.8) is 0 Å². The van der Waals surface area contributed by atoms with Crippen molar-refractivity contribution >= 4 is 40.6 Å². The van der Waals surface area contributed by atoms with Crippen LogP contribution in [0.3, 0.4) is 0 Å². The summed E-state index contributed by atoms with van der Waals surface area (Å²) in [6.07, 6.45) is 5.92. The molecule has 0 radical (unpaired) electrons. The molecule has 0 spiro atoms. The van der Waals surface area contributed by atoms with Crippen molar-refractivity contribution in [2.24, 2.45) is 0 Å². The van der Waals surface area contributed by atoms with Gasteiger partial charge < -0.3 is 11.1 Å². The van der Waals surface area contributed by atoms with E-state index in [0.29, 0.717) is 33.6 Å². The second kappa shape index (κ2) is 7.49. The number of nitrogens with zero attached hydrogens (tertiary/aromatic N) is 7. The van der Waals surface area contributed by atoms with E-state index in [9.17, 15) is 4.79 Å². The zero-order valence-electron chi connectivity index (χ0n) is 14.9. The molecule has 146 valence electrons. The van der Waals surface area contributed by atoms with Crippen LogP contribution in [-0.4, -0.2) is 40.6 Å². The van der Waals surface area contributed by atoms with Crippen LogP contribution in [0.5, 0.6) is 0 Å². The van der Waals surface area contributed by atoms with Gasteiger partial charge in [0.05, 0.1) is 51.8 Å². The Balaban J connectivity index is 1.57. The fourth-order valence-electron chi connectivity index (χ4n) is 2.60. The summed E-state index contributed by atoms with van der Waals surface area (Å²) in [5.41, 5.74) is 7.09. The summed E-state index contributed by atoms with van der Waals surface area (Å²) in [6.45, 7) is 1.74. The summed E-state index contributed by atoms with van der Waals surface area (Å²) in [5.74, 6) is 0.602. The quantitative estimate of drug-likeness (QED) is 0.509. The summed E-state index contributed by atoms with van der Waals surface area (Å²) < 4.78 is 1.50. The lowest BCUT2D eigenvalue weighted by Gasteiger charge is -2.08. The lowest BCUT2D eigenvalue weighted by molar-refractivity contribution is 0.102. The fourth-order valence-corrected chi connectivity index (χ4v) is 2.95. The minimum atomic E-state index is -0.376. The van der Waals surface area contributed by atoms with Crippen molar-refractivity contribution in [3.8, 4) is 11.6 Å². The van der Waals surface area contributed by atoms with Crippen molar-refractivity contribution in [1.29, 1.82) is 0 Å². The lowest BCUT2D eigenvalue weighted by atomic mass is 10.2. The van der Waals surface area contributed by atoms with Crippen molar-refractivity contribution in [2.45, 2.75) is 6.92 Å². The molecule has 12 heteroatoms. The summed E-state index contributed by atoms with van der Waals surface area (Å²) in [5, 5.41) is 15.5. The molecular weight excluding hydrogens is 417 g/mol. The van der Waals surface area contributed by atoms with Gasteiger partial charge in [-0.15, -0.1) is 4.80 Å². The van der Waals surface area contributed by atoms with Gasteiger partial charge in [0.15, 0.2) is 11.6 Å². The van der Waals surface area contributed by atoms with Crippen LogP contribution in [0.4, 0.5) is 11.5 Å². The van der Waals surface area contributed by atoms with Gasteiger partial charge in [0.1, 0.15) is 5.82 Å². The highest BCUT2D eigenvalue weighted by molar-refractivity contribution is 6.33. The zero-order valence-corrected chi connectivity index (χ0v) is 16.4. The second-order valence-corrected chi connectivity index (χ2v) is 6.71. The number of nitrogens with two attached hydrogens (primary N) is 1. The summed E-state index contributed by atoms with van der Waals surface area (Å²) in [6, 6.07) is 4.84. The van der Waals surface area contributed by atoms with Crippen molar-refractivity contribution in [1.82, 2.24) is 34.7 Å². The Morgan fingerprint density at radius 1 is 1.10 bits per heavy atom. The highest BCUT2D eigenvalue weighted by Crippen LogP contribution is 2.23.